The highest BCUT2D eigenvalue weighted by Crippen LogP contribution is 2.40. The average molecular weight is 457 g/mol. The van der Waals surface area contributed by atoms with Crippen molar-refractivity contribution in [2.45, 2.75) is 67.7 Å². The quantitative estimate of drug-likeness (QED) is 0.696. The van der Waals surface area contributed by atoms with E-state index in [1.165, 1.54) is 17.7 Å². The van der Waals surface area contributed by atoms with Crippen LogP contribution in [0.5, 0.6) is 5.88 Å². The molecule has 1 atom stereocenters. The minimum Gasteiger partial charge on any atom is -0.463 e. The molecule has 9 nitrogen and oxygen atoms in total. The lowest BCUT2D eigenvalue weighted by Gasteiger charge is -2.41. The molecule has 32 heavy (non-hydrogen) atoms. The van der Waals surface area contributed by atoms with Gasteiger partial charge in [0.1, 0.15) is 21.5 Å². The van der Waals surface area contributed by atoms with Crippen molar-refractivity contribution >= 4 is 22.6 Å². The lowest BCUT2D eigenvalue weighted by molar-refractivity contribution is 0.143. The monoisotopic (exact) mass is 456 g/mol. The van der Waals surface area contributed by atoms with E-state index in [2.05, 4.69) is 20.2 Å². The molecule has 2 aliphatic heterocycles. The molecule has 6 rings (SSSR count). The van der Waals surface area contributed by atoms with Crippen molar-refractivity contribution in [2.24, 2.45) is 0 Å². The summed E-state index contributed by atoms with van der Waals surface area (Å²) in [5.41, 5.74) is 2.15. The van der Waals surface area contributed by atoms with Crippen LogP contribution in [-0.2, 0) is 23.6 Å². The number of hydrogen-bond acceptors (Lipinski definition) is 9. The van der Waals surface area contributed by atoms with Crippen LogP contribution >= 0.6 is 0 Å². The Morgan fingerprint density at radius 3 is 2.78 bits per heavy atom. The van der Waals surface area contributed by atoms with E-state index >= 15 is 0 Å². The van der Waals surface area contributed by atoms with E-state index < -0.39 is 10.8 Å². The molecule has 2 fully saturated rings. The lowest BCUT2D eigenvalue weighted by atomic mass is 9.77. The molecule has 0 amide bonds. The molecule has 0 unspecified atom stereocenters. The average Bonchev–Trinajstić information content (AvgIpc) is 3.42. The van der Waals surface area contributed by atoms with E-state index in [9.17, 15) is 9.32 Å². The third-order valence-electron chi connectivity index (χ3n) is 7.33. The molecule has 2 N–H and O–H groups in total. The zero-order valence-corrected chi connectivity index (χ0v) is 18.9. The first kappa shape index (κ1) is 20.3. The van der Waals surface area contributed by atoms with Crippen molar-refractivity contribution in [3.05, 3.63) is 23.3 Å². The van der Waals surface area contributed by atoms with Crippen LogP contribution in [0.1, 0.15) is 61.5 Å². The summed E-state index contributed by atoms with van der Waals surface area (Å²) in [5, 5.41) is 13.3. The molecule has 2 aliphatic carbocycles. The van der Waals surface area contributed by atoms with Crippen LogP contribution in [0.4, 0.5) is 11.8 Å². The van der Waals surface area contributed by atoms with Crippen LogP contribution in [0.2, 0.25) is 0 Å². The summed E-state index contributed by atoms with van der Waals surface area (Å²) in [4.78, 5) is 21.6. The van der Waals surface area contributed by atoms with Crippen molar-refractivity contribution in [1.82, 2.24) is 19.9 Å². The number of aryl methyl sites for hydroxylation is 2. The van der Waals surface area contributed by atoms with E-state index in [1.54, 1.807) is 0 Å². The fraction of sp³-hybridized carbons (Fsp3) is 0.636. The minimum absolute atomic E-state index is 0.0285. The maximum Gasteiger partial charge on any atom is 0.238 e. The molecule has 4 aliphatic rings. The van der Waals surface area contributed by atoms with Gasteiger partial charge in [0.2, 0.25) is 11.8 Å². The number of nitrogens with zero attached hydrogens (tertiary/aromatic N) is 5. The summed E-state index contributed by atoms with van der Waals surface area (Å²) in [7, 11) is -1.29. The number of aliphatic hydroxyl groups is 1. The Morgan fingerprint density at radius 2 is 2.03 bits per heavy atom. The Morgan fingerprint density at radius 1 is 1.19 bits per heavy atom. The zero-order valence-electron chi connectivity index (χ0n) is 18.0. The summed E-state index contributed by atoms with van der Waals surface area (Å²) in [5.74, 6) is 2.94. The second-order valence-electron chi connectivity index (χ2n) is 9.35. The van der Waals surface area contributed by atoms with Gasteiger partial charge in [-0.15, -0.1) is 0 Å². The van der Waals surface area contributed by atoms with Crippen LogP contribution in [0.3, 0.4) is 0 Å². The number of nitrogens with one attached hydrogen (secondary N) is 1. The van der Waals surface area contributed by atoms with E-state index in [-0.39, 0.29) is 18.1 Å². The molecule has 0 aromatic carbocycles. The number of aromatic nitrogens is 4. The van der Waals surface area contributed by atoms with Crippen LogP contribution in [-0.4, -0.2) is 60.4 Å². The fourth-order valence-corrected chi connectivity index (χ4v) is 6.11. The summed E-state index contributed by atoms with van der Waals surface area (Å²) in [6, 6.07) is 0. The molecule has 1 saturated carbocycles. The number of rotatable bonds is 5. The fourth-order valence-electron chi connectivity index (χ4n) is 5.16. The van der Waals surface area contributed by atoms with Gasteiger partial charge < -0.3 is 20.1 Å². The van der Waals surface area contributed by atoms with Crippen LogP contribution in [0.25, 0.3) is 0 Å². The van der Waals surface area contributed by atoms with Crippen LogP contribution in [0.15, 0.2) is 11.1 Å². The van der Waals surface area contributed by atoms with Gasteiger partial charge in [-0.05, 0) is 56.9 Å². The Balaban J connectivity index is 1.22. The smallest absolute Gasteiger partial charge is 0.238 e. The van der Waals surface area contributed by atoms with Gasteiger partial charge in [-0.25, -0.2) is 9.97 Å². The molecular weight excluding hydrogens is 428 g/mol. The third kappa shape index (κ3) is 3.44. The van der Waals surface area contributed by atoms with Gasteiger partial charge in [-0.3, -0.25) is 4.21 Å². The number of ether oxygens (including phenoxy) is 1. The highest BCUT2D eigenvalue weighted by atomic mass is 32.2. The molecule has 170 valence electrons. The van der Waals surface area contributed by atoms with Crippen molar-refractivity contribution in [1.29, 1.82) is 0 Å². The molecule has 2 aromatic heterocycles. The van der Waals surface area contributed by atoms with Crippen molar-refractivity contribution in [2.75, 3.05) is 35.9 Å². The predicted octanol–water partition coefficient (Wildman–Crippen LogP) is 1.92. The Hall–Kier alpha value is -2.33. The van der Waals surface area contributed by atoms with Crippen molar-refractivity contribution in [3.63, 3.8) is 0 Å². The molecular formula is C22H28N6O3S. The molecule has 1 saturated heterocycles. The topological polar surface area (TPSA) is 113 Å². The third-order valence-corrected chi connectivity index (χ3v) is 8.48. The van der Waals surface area contributed by atoms with Gasteiger partial charge >= 0.3 is 0 Å². The summed E-state index contributed by atoms with van der Waals surface area (Å²) < 4.78 is 18.1. The van der Waals surface area contributed by atoms with E-state index in [4.69, 9.17) is 14.7 Å². The highest BCUT2D eigenvalue weighted by molar-refractivity contribution is 7.85. The van der Waals surface area contributed by atoms with Gasteiger partial charge in [0.05, 0.1) is 12.1 Å². The highest BCUT2D eigenvalue weighted by Gasteiger charge is 2.39. The number of anilines is 2. The Bertz CT molecular complexity index is 1060. The SMILES string of the molecule is O=[S@@]1COc2nc(N3CCC(c4ncc5c(n4)CCC5)CC3)nc(NC3(CO)CCC3)c21. The minimum atomic E-state index is -1.29. The number of hydrogen-bond donors (Lipinski definition) is 2. The molecule has 0 bridgehead atoms. The zero-order chi connectivity index (χ0) is 21.7. The van der Waals surface area contributed by atoms with Crippen molar-refractivity contribution < 1.29 is 14.1 Å². The molecule has 0 spiro atoms. The summed E-state index contributed by atoms with van der Waals surface area (Å²) >= 11 is 0. The van der Waals surface area contributed by atoms with Crippen LogP contribution in [0, 0.1) is 0 Å². The first-order chi connectivity index (χ1) is 15.6. The van der Waals surface area contributed by atoms with Crippen LogP contribution < -0.4 is 15.0 Å². The predicted molar refractivity (Wildman–Crippen MR) is 119 cm³/mol. The van der Waals surface area contributed by atoms with E-state index in [0.29, 0.717) is 28.5 Å². The maximum absolute atomic E-state index is 12.5. The second-order valence-corrected chi connectivity index (χ2v) is 10.7. The Kier molecular flexibility index (Phi) is 5.02. The molecule has 0 radical (unpaired) electrons. The largest absolute Gasteiger partial charge is 0.463 e. The van der Waals surface area contributed by atoms with E-state index in [1.807, 2.05) is 6.20 Å². The summed E-state index contributed by atoms with van der Waals surface area (Å²) in [6.07, 6.45) is 10.1. The Labute approximate surface area is 189 Å². The van der Waals surface area contributed by atoms with Gasteiger partial charge in [0, 0.05) is 30.9 Å². The first-order valence-electron chi connectivity index (χ1n) is 11.6. The van der Waals surface area contributed by atoms with Gasteiger partial charge in [0.15, 0.2) is 11.8 Å². The number of aliphatic hydroxyl groups excluding tert-OH is 1. The maximum atomic E-state index is 12.5. The standard InChI is InChI=1S/C22H28N6O3S/c29-12-22(7-2-8-22)27-19-17-20(31-13-32(17)30)26-21(25-19)28-9-5-14(6-10-28)18-23-11-15-3-1-4-16(15)24-18/h11,14,29H,1-10,12-13H2,(H,25,26,27)/t32-/m1/s1. The van der Waals surface area contributed by atoms with Gasteiger partial charge in [-0.1, -0.05) is 0 Å². The van der Waals surface area contributed by atoms with E-state index in [0.717, 1.165) is 63.9 Å². The molecule has 10 heteroatoms. The molecule has 2 aromatic rings. The second kappa shape index (κ2) is 7.91. The van der Waals surface area contributed by atoms with Gasteiger partial charge in [-0.2, -0.15) is 9.97 Å². The molecule has 4 heterocycles. The number of piperidine rings is 1. The lowest BCUT2D eigenvalue weighted by Crippen LogP contribution is -2.48. The summed E-state index contributed by atoms with van der Waals surface area (Å²) in [6.45, 7) is 1.63. The number of fused-ring (bicyclic) bond motifs is 2. The first-order valence-corrected chi connectivity index (χ1v) is 12.9. The normalized spacial score (nSPS) is 23.9. The van der Waals surface area contributed by atoms with Crippen molar-refractivity contribution in [3.8, 4) is 5.88 Å². The van der Waals surface area contributed by atoms with Gasteiger partial charge in [0.25, 0.3) is 0 Å².